The molecule has 2 N–H and O–H groups in total. The maximum Gasteiger partial charge on any atom is 0.256 e. The van der Waals surface area contributed by atoms with Gasteiger partial charge in [-0.25, -0.2) is 0 Å². The molecule has 2 aromatic rings. The van der Waals surface area contributed by atoms with Crippen molar-refractivity contribution < 1.29 is 4.79 Å². The number of aromatic amines is 1. The highest BCUT2D eigenvalue weighted by molar-refractivity contribution is 6.35. The minimum atomic E-state index is -0.0207. The highest BCUT2D eigenvalue weighted by Gasteiger charge is 2.26. The number of carbonyl (C=O) groups is 1. The van der Waals surface area contributed by atoms with Gasteiger partial charge in [-0.15, -0.1) is 11.6 Å². The number of fused-ring (bicyclic) bond motifs is 2. The number of hydrogen-bond acceptors (Lipinski definition) is 1. The van der Waals surface area contributed by atoms with Crippen molar-refractivity contribution in [1.29, 1.82) is 0 Å². The molecule has 1 amide bonds. The average molecular weight is 355 g/mol. The van der Waals surface area contributed by atoms with E-state index in [1.54, 1.807) is 0 Å². The average Bonchev–Trinajstić information content (AvgIpc) is 3.13. The van der Waals surface area contributed by atoms with Gasteiger partial charge in [0.25, 0.3) is 5.91 Å². The molecule has 4 rings (SSSR count). The van der Waals surface area contributed by atoms with E-state index < -0.39 is 0 Å². The van der Waals surface area contributed by atoms with Crippen molar-refractivity contribution in [2.45, 2.75) is 45.4 Å². The molecule has 1 aromatic carbocycles. The van der Waals surface area contributed by atoms with Crippen LogP contribution in [0.3, 0.4) is 0 Å². The standard InChI is InChI=1S/C21H23ClN2O/c1-2-14-15-5-3-4-6-18(15)23-20(14)12-17-16-11-13(9-10-22)7-8-19(16)24-21(17)25/h7-8,11-12,23H,2-6,9-10H2,1H3,(H,24,25). The van der Waals surface area contributed by atoms with Gasteiger partial charge < -0.3 is 10.3 Å². The molecule has 0 atom stereocenters. The maximum atomic E-state index is 12.5. The lowest BCUT2D eigenvalue weighted by Gasteiger charge is -2.11. The number of nitrogens with one attached hydrogen (secondary N) is 2. The number of aromatic nitrogens is 1. The zero-order valence-corrected chi connectivity index (χ0v) is 15.3. The van der Waals surface area contributed by atoms with Gasteiger partial charge in [-0.3, -0.25) is 4.79 Å². The van der Waals surface area contributed by atoms with Crippen molar-refractivity contribution in [2.75, 3.05) is 11.2 Å². The van der Waals surface area contributed by atoms with Gasteiger partial charge in [0.05, 0.1) is 5.57 Å². The molecular formula is C21H23ClN2O. The second kappa shape index (κ2) is 6.72. The maximum absolute atomic E-state index is 12.5. The van der Waals surface area contributed by atoms with Crippen LogP contribution in [0.4, 0.5) is 5.69 Å². The Labute approximate surface area is 153 Å². The minimum absolute atomic E-state index is 0.0207. The van der Waals surface area contributed by atoms with E-state index in [0.29, 0.717) is 5.88 Å². The Kier molecular flexibility index (Phi) is 4.43. The molecule has 0 saturated carbocycles. The first-order valence-electron chi connectivity index (χ1n) is 9.16. The Balaban J connectivity index is 1.79. The van der Waals surface area contributed by atoms with Gasteiger partial charge in [0, 0.05) is 28.5 Å². The van der Waals surface area contributed by atoms with Gasteiger partial charge in [0.15, 0.2) is 0 Å². The van der Waals surface area contributed by atoms with Crippen LogP contribution in [-0.4, -0.2) is 16.8 Å². The Morgan fingerprint density at radius 2 is 2.08 bits per heavy atom. The van der Waals surface area contributed by atoms with Crippen molar-refractivity contribution >= 4 is 34.8 Å². The van der Waals surface area contributed by atoms with Gasteiger partial charge in [-0.05, 0) is 73.4 Å². The topological polar surface area (TPSA) is 44.9 Å². The van der Waals surface area contributed by atoms with Crippen LogP contribution in [0.25, 0.3) is 11.6 Å². The van der Waals surface area contributed by atoms with Crippen molar-refractivity contribution in [1.82, 2.24) is 4.98 Å². The van der Waals surface area contributed by atoms with E-state index in [2.05, 4.69) is 23.3 Å². The number of halogens is 1. The number of hydrogen-bond donors (Lipinski definition) is 2. The molecule has 1 aromatic heterocycles. The molecule has 25 heavy (non-hydrogen) atoms. The number of rotatable bonds is 4. The quantitative estimate of drug-likeness (QED) is 0.605. The van der Waals surface area contributed by atoms with Gasteiger partial charge in [-0.2, -0.15) is 0 Å². The summed E-state index contributed by atoms with van der Waals surface area (Å²) in [6, 6.07) is 6.11. The Bertz CT molecular complexity index is 863. The van der Waals surface area contributed by atoms with Crippen LogP contribution in [0.1, 0.15) is 53.4 Å². The minimum Gasteiger partial charge on any atom is -0.358 e. The lowest BCUT2D eigenvalue weighted by molar-refractivity contribution is -0.110. The predicted octanol–water partition coefficient (Wildman–Crippen LogP) is 4.73. The molecule has 0 fully saturated rings. The number of aryl methyl sites for hydroxylation is 2. The third-order valence-corrected chi connectivity index (χ3v) is 5.52. The van der Waals surface area contributed by atoms with Crippen LogP contribution in [0.2, 0.25) is 0 Å². The first-order valence-corrected chi connectivity index (χ1v) is 9.69. The third-order valence-electron chi connectivity index (χ3n) is 5.34. The van der Waals surface area contributed by atoms with Crippen molar-refractivity contribution in [3.8, 4) is 0 Å². The number of amides is 1. The normalized spacial score (nSPS) is 17.5. The van der Waals surface area contributed by atoms with Crippen molar-refractivity contribution in [3.05, 3.63) is 51.8 Å². The van der Waals surface area contributed by atoms with Crippen LogP contribution in [-0.2, 0) is 30.5 Å². The monoisotopic (exact) mass is 354 g/mol. The molecule has 0 saturated heterocycles. The number of carbonyl (C=O) groups excluding carboxylic acids is 1. The SMILES string of the molecule is CCc1c(C=C2C(=O)Nc3ccc(CCCl)cc32)[nH]c2c1CCCC2. The summed E-state index contributed by atoms with van der Waals surface area (Å²) >= 11 is 5.88. The molecule has 130 valence electrons. The Hall–Kier alpha value is -2.00. The molecular weight excluding hydrogens is 332 g/mol. The zero-order chi connectivity index (χ0) is 17.4. The van der Waals surface area contributed by atoms with Crippen LogP contribution in [0.15, 0.2) is 18.2 Å². The molecule has 0 radical (unpaired) electrons. The van der Waals surface area contributed by atoms with Crippen LogP contribution < -0.4 is 5.32 Å². The van der Waals surface area contributed by atoms with Gasteiger partial charge in [0.1, 0.15) is 0 Å². The largest absolute Gasteiger partial charge is 0.358 e. The molecule has 1 aliphatic heterocycles. The van der Waals surface area contributed by atoms with Crippen molar-refractivity contribution in [2.24, 2.45) is 0 Å². The molecule has 0 spiro atoms. The number of anilines is 1. The Morgan fingerprint density at radius 1 is 1.24 bits per heavy atom. The summed E-state index contributed by atoms with van der Waals surface area (Å²) in [5, 5.41) is 2.98. The first kappa shape index (κ1) is 16.5. The third kappa shape index (κ3) is 2.91. The molecule has 2 heterocycles. The van der Waals surface area contributed by atoms with E-state index >= 15 is 0 Å². The Morgan fingerprint density at radius 3 is 2.88 bits per heavy atom. The summed E-state index contributed by atoms with van der Waals surface area (Å²) in [7, 11) is 0. The molecule has 1 aliphatic carbocycles. The highest BCUT2D eigenvalue weighted by Crippen LogP contribution is 2.36. The fourth-order valence-corrected chi connectivity index (χ4v) is 4.31. The van der Waals surface area contributed by atoms with E-state index in [1.807, 2.05) is 18.2 Å². The van der Waals surface area contributed by atoms with Crippen LogP contribution in [0.5, 0.6) is 0 Å². The fraction of sp³-hybridized carbons (Fsp3) is 0.381. The highest BCUT2D eigenvalue weighted by atomic mass is 35.5. The molecule has 3 nitrogen and oxygen atoms in total. The number of H-pyrrole nitrogens is 1. The number of alkyl halides is 1. The van der Waals surface area contributed by atoms with E-state index in [1.165, 1.54) is 29.7 Å². The van der Waals surface area contributed by atoms with Gasteiger partial charge >= 0.3 is 0 Å². The van der Waals surface area contributed by atoms with Crippen molar-refractivity contribution in [3.63, 3.8) is 0 Å². The summed E-state index contributed by atoms with van der Waals surface area (Å²) in [5.41, 5.74) is 9.12. The van der Waals surface area contributed by atoms with Gasteiger partial charge in [0.2, 0.25) is 0 Å². The first-order chi connectivity index (χ1) is 12.2. The smallest absolute Gasteiger partial charge is 0.256 e. The molecule has 0 unspecified atom stereocenters. The second-order valence-corrected chi connectivity index (χ2v) is 7.24. The van der Waals surface area contributed by atoms with E-state index in [9.17, 15) is 4.79 Å². The van der Waals surface area contributed by atoms with E-state index in [0.717, 1.165) is 53.8 Å². The van der Waals surface area contributed by atoms with Crippen LogP contribution in [0, 0.1) is 0 Å². The molecule has 2 aliphatic rings. The summed E-state index contributed by atoms with van der Waals surface area (Å²) in [6.07, 6.45) is 8.63. The zero-order valence-electron chi connectivity index (χ0n) is 14.5. The summed E-state index contributed by atoms with van der Waals surface area (Å²) in [6.45, 7) is 2.20. The predicted molar refractivity (Wildman–Crippen MR) is 104 cm³/mol. The van der Waals surface area contributed by atoms with Gasteiger partial charge in [-0.1, -0.05) is 13.0 Å². The van der Waals surface area contributed by atoms with Crippen LogP contribution >= 0.6 is 11.6 Å². The fourth-order valence-electron chi connectivity index (χ4n) is 4.09. The molecule has 4 heteroatoms. The second-order valence-electron chi connectivity index (χ2n) is 6.87. The lowest BCUT2D eigenvalue weighted by atomic mass is 9.93. The summed E-state index contributed by atoms with van der Waals surface area (Å²) in [5.74, 6) is 0.565. The summed E-state index contributed by atoms with van der Waals surface area (Å²) < 4.78 is 0. The lowest BCUT2D eigenvalue weighted by Crippen LogP contribution is -2.03. The van der Waals surface area contributed by atoms with E-state index in [-0.39, 0.29) is 5.91 Å². The number of benzene rings is 1. The molecule has 0 bridgehead atoms. The van der Waals surface area contributed by atoms with E-state index in [4.69, 9.17) is 11.6 Å². The summed E-state index contributed by atoms with van der Waals surface area (Å²) in [4.78, 5) is 16.1.